The largest absolute Gasteiger partial charge is 0.330 e. The summed E-state index contributed by atoms with van der Waals surface area (Å²) in [5.74, 6) is 0. The van der Waals surface area contributed by atoms with Gasteiger partial charge in [0.25, 0.3) is 0 Å². The SMILES string of the molecule is CC(C)(CCN)NCCc1ccccc1Br. The Morgan fingerprint density at radius 3 is 2.62 bits per heavy atom. The lowest BCUT2D eigenvalue weighted by molar-refractivity contribution is 0.370. The topological polar surface area (TPSA) is 38.0 Å². The van der Waals surface area contributed by atoms with E-state index in [-0.39, 0.29) is 5.54 Å². The molecule has 0 unspecified atom stereocenters. The van der Waals surface area contributed by atoms with Gasteiger partial charge in [0.05, 0.1) is 0 Å². The summed E-state index contributed by atoms with van der Waals surface area (Å²) in [5.41, 5.74) is 7.05. The summed E-state index contributed by atoms with van der Waals surface area (Å²) in [6.45, 7) is 6.10. The fourth-order valence-electron chi connectivity index (χ4n) is 1.69. The van der Waals surface area contributed by atoms with E-state index in [4.69, 9.17) is 5.73 Å². The lowest BCUT2D eigenvalue weighted by Gasteiger charge is -2.25. The highest BCUT2D eigenvalue weighted by molar-refractivity contribution is 9.10. The second kappa shape index (κ2) is 6.38. The second-order valence-corrected chi connectivity index (χ2v) is 5.55. The average Bonchev–Trinajstić information content (AvgIpc) is 2.20. The summed E-state index contributed by atoms with van der Waals surface area (Å²) < 4.78 is 1.19. The van der Waals surface area contributed by atoms with Gasteiger partial charge in [0.1, 0.15) is 0 Å². The van der Waals surface area contributed by atoms with Crippen LogP contribution in [0.2, 0.25) is 0 Å². The number of hydrogen-bond acceptors (Lipinski definition) is 2. The molecule has 2 nitrogen and oxygen atoms in total. The molecule has 3 N–H and O–H groups in total. The van der Waals surface area contributed by atoms with E-state index in [1.807, 2.05) is 6.07 Å². The standard InChI is InChI=1S/C13H21BrN2/c1-13(2,8-9-15)16-10-7-11-5-3-4-6-12(11)14/h3-6,16H,7-10,15H2,1-2H3. The third kappa shape index (κ3) is 4.64. The molecule has 1 aromatic rings. The molecule has 3 heteroatoms. The van der Waals surface area contributed by atoms with E-state index in [0.717, 1.165) is 25.9 Å². The van der Waals surface area contributed by atoms with Gasteiger partial charge < -0.3 is 11.1 Å². The van der Waals surface area contributed by atoms with Crippen molar-refractivity contribution in [3.63, 3.8) is 0 Å². The van der Waals surface area contributed by atoms with Crippen molar-refractivity contribution in [1.82, 2.24) is 5.32 Å². The van der Waals surface area contributed by atoms with Crippen LogP contribution < -0.4 is 11.1 Å². The molecule has 16 heavy (non-hydrogen) atoms. The van der Waals surface area contributed by atoms with Crippen molar-refractivity contribution in [1.29, 1.82) is 0 Å². The summed E-state index contributed by atoms with van der Waals surface area (Å²) in [6, 6.07) is 8.35. The van der Waals surface area contributed by atoms with Gasteiger partial charge in [-0.2, -0.15) is 0 Å². The number of benzene rings is 1. The van der Waals surface area contributed by atoms with Gasteiger partial charge in [0.15, 0.2) is 0 Å². The third-order valence-electron chi connectivity index (χ3n) is 2.73. The van der Waals surface area contributed by atoms with E-state index >= 15 is 0 Å². The van der Waals surface area contributed by atoms with Crippen LogP contribution in [0.1, 0.15) is 25.8 Å². The average molecular weight is 285 g/mol. The zero-order chi connectivity index (χ0) is 12.0. The van der Waals surface area contributed by atoms with Gasteiger partial charge in [-0.3, -0.25) is 0 Å². The molecule has 0 spiro atoms. The first-order valence-electron chi connectivity index (χ1n) is 5.74. The zero-order valence-corrected chi connectivity index (χ0v) is 11.7. The Bertz CT molecular complexity index is 323. The minimum atomic E-state index is 0.135. The molecule has 0 saturated carbocycles. The van der Waals surface area contributed by atoms with Crippen molar-refractivity contribution in [3.8, 4) is 0 Å². The molecule has 90 valence electrons. The Hall–Kier alpha value is -0.380. The quantitative estimate of drug-likeness (QED) is 0.843. The molecule has 1 aromatic carbocycles. The monoisotopic (exact) mass is 284 g/mol. The van der Waals surface area contributed by atoms with Gasteiger partial charge in [-0.15, -0.1) is 0 Å². The molecule has 0 saturated heterocycles. The van der Waals surface area contributed by atoms with Crippen molar-refractivity contribution >= 4 is 15.9 Å². The molecule has 0 radical (unpaired) electrons. The summed E-state index contributed by atoms with van der Waals surface area (Å²) in [4.78, 5) is 0. The maximum atomic E-state index is 5.57. The lowest BCUT2D eigenvalue weighted by Crippen LogP contribution is -2.42. The summed E-state index contributed by atoms with van der Waals surface area (Å²) in [7, 11) is 0. The number of halogens is 1. The molecule has 1 rings (SSSR count). The van der Waals surface area contributed by atoms with Crippen LogP contribution in [-0.2, 0) is 6.42 Å². The molecule has 0 aliphatic carbocycles. The van der Waals surface area contributed by atoms with Gasteiger partial charge in [-0.05, 0) is 51.4 Å². The smallest absolute Gasteiger partial charge is 0.0207 e. The highest BCUT2D eigenvalue weighted by Crippen LogP contribution is 2.16. The first-order valence-corrected chi connectivity index (χ1v) is 6.53. The molecule has 0 fully saturated rings. The van der Waals surface area contributed by atoms with Gasteiger partial charge >= 0.3 is 0 Å². The first kappa shape index (κ1) is 13.7. The Morgan fingerprint density at radius 2 is 2.00 bits per heavy atom. The normalized spacial score (nSPS) is 11.8. The van der Waals surface area contributed by atoms with Crippen molar-refractivity contribution < 1.29 is 0 Å². The second-order valence-electron chi connectivity index (χ2n) is 4.69. The summed E-state index contributed by atoms with van der Waals surface area (Å²) >= 11 is 3.56. The lowest BCUT2D eigenvalue weighted by atomic mass is 10.0. The molecule has 0 bridgehead atoms. The van der Waals surface area contributed by atoms with Crippen LogP contribution >= 0.6 is 15.9 Å². The molecule has 0 heterocycles. The first-order chi connectivity index (χ1) is 7.55. The van der Waals surface area contributed by atoms with Crippen LogP contribution in [0, 0.1) is 0 Å². The van der Waals surface area contributed by atoms with Crippen LogP contribution in [0.25, 0.3) is 0 Å². The Kier molecular flexibility index (Phi) is 5.46. The zero-order valence-electron chi connectivity index (χ0n) is 10.1. The Morgan fingerprint density at radius 1 is 1.31 bits per heavy atom. The number of rotatable bonds is 6. The highest BCUT2D eigenvalue weighted by atomic mass is 79.9. The van der Waals surface area contributed by atoms with Crippen LogP contribution in [0.5, 0.6) is 0 Å². The molecular formula is C13H21BrN2. The number of nitrogens with one attached hydrogen (secondary N) is 1. The van der Waals surface area contributed by atoms with E-state index in [9.17, 15) is 0 Å². The van der Waals surface area contributed by atoms with E-state index in [2.05, 4.69) is 53.3 Å². The number of nitrogens with two attached hydrogens (primary N) is 1. The third-order valence-corrected chi connectivity index (χ3v) is 3.50. The predicted octanol–water partition coefficient (Wildman–Crippen LogP) is 2.71. The van der Waals surface area contributed by atoms with E-state index in [1.165, 1.54) is 10.0 Å². The van der Waals surface area contributed by atoms with Gasteiger partial charge in [-0.1, -0.05) is 34.1 Å². The van der Waals surface area contributed by atoms with Crippen LogP contribution in [0.4, 0.5) is 0 Å². The van der Waals surface area contributed by atoms with Crippen LogP contribution in [0.15, 0.2) is 28.7 Å². The van der Waals surface area contributed by atoms with E-state index < -0.39 is 0 Å². The van der Waals surface area contributed by atoms with Gasteiger partial charge in [0, 0.05) is 10.0 Å². The molecule has 0 aliphatic rings. The van der Waals surface area contributed by atoms with Gasteiger partial charge in [0.2, 0.25) is 0 Å². The summed E-state index contributed by atoms with van der Waals surface area (Å²) in [5, 5.41) is 3.53. The molecule has 0 aliphatic heterocycles. The van der Waals surface area contributed by atoms with Crippen LogP contribution in [0.3, 0.4) is 0 Å². The predicted molar refractivity (Wildman–Crippen MR) is 73.6 cm³/mol. The van der Waals surface area contributed by atoms with E-state index in [1.54, 1.807) is 0 Å². The number of hydrogen-bond donors (Lipinski definition) is 2. The van der Waals surface area contributed by atoms with Crippen LogP contribution in [-0.4, -0.2) is 18.6 Å². The minimum Gasteiger partial charge on any atom is -0.330 e. The maximum absolute atomic E-state index is 5.57. The Labute approximate surface area is 107 Å². The molecule has 0 aromatic heterocycles. The van der Waals surface area contributed by atoms with Gasteiger partial charge in [-0.25, -0.2) is 0 Å². The maximum Gasteiger partial charge on any atom is 0.0207 e. The van der Waals surface area contributed by atoms with Crippen molar-refractivity contribution in [2.75, 3.05) is 13.1 Å². The van der Waals surface area contributed by atoms with E-state index in [0.29, 0.717) is 0 Å². The molecular weight excluding hydrogens is 264 g/mol. The highest BCUT2D eigenvalue weighted by Gasteiger charge is 2.14. The van der Waals surface area contributed by atoms with Crippen molar-refractivity contribution in [2.24, 2.45) is 5.73 Å². The minimum absolute atomic E-state index is 0.135. The fourth-order valence-corrected chi connectivity index (χ4v) is 2.17. The summed E-state index contributed by atoms with van der Waals surface area (Å²) in [6.07, 6.45) is 2.04. The molecule has 0 atom stereocenters. The Balaban J connectivity index is 2.39. The molecule has 0 amide bonds. The fraction of sp³-hybridized carbons (Fsp3) is 0.538. The van der Waals surface area contributed by atoms with Crippen molar-refractivity contribution in [3.05, 3.63) is 34.3 Å². The van der Waals surface area contributed by atoms with Crippen molar-refractivity contribution in [2.45, 2.75) is 32.2 Å².